The van der Waals surface area contributed by atoms with Crippen LogP contribution in [0.15, 0.2) is 60.8 Å². The SMILES string of the molecule is CC(C)CCCCCCCCCCCCCCCOC(=O)CCCCCN1C(=O)C=CC1=O.O=C(CCCCCN1C(=O)C=CC1=O)OCC1CC2C3CC(COC(=O)CCCCCN4C(=O)C=CC4=O)C(C3)C2C1.O=C(CN1C(=O)C=CC1=O)OCC1CC2C3CC(COC(=O)CN4C(=O)C=CC4=O)C(C3)C2C1. The third-order valence-electron chi connectivity index (χ3n) is 24.3. The number of carbonyl (C=O) groups is 15. The van der Waals surface area contributed by atoms with Gasteiger partial charge in [0.15, 0.2) is 0 Å². The van der Waals surface area contributed by atoms with Gasteiger partial charge in [0.2, 0.25) is 0 Å². The van der Waals surface area contributed by atoms with Crippen LogP contribution in [0.25, 0.3) is 0 Å². The molecular weight excluding hydrogens is 1400 g/mol. The molecule has 0 saturated heterocycles. The summed E-state index contributed by atoms with van der Waals surface area (Å²) in [5, 5.41) is 0. The summed E-state index contributed by atoms with van der Waals surface area (Å²) < 4.78 is 27.4. The molecule has 25 heteroatoms. The number of rotatable bonds is 46. The average molecular weight is 1520 g/mol. The minimum atomic E-state index is -0.583. The largest absolute Gasteiger partial charge is 0.466 e. The van der Waals surface area contributed by atoms with Crippen molar-refractivity contribution in [3.05, 3.63) is 60.8 Å². The van der Waals surface area contributed by atoms with Gasteiger partial charge in [0.25, 0.3) is 59.1 Å². The maximum Gasteiger partial charge on any atom is 0.326 e. The molecule has 5 heterocycles. The van der Waals surface area contributed by atoms with E-state index in [1.807, 2.05) is 0 Å². The van der Waals surface area contributed by atoms with Crippen LogP contribution in [0.5, 0.6) is 0 Å². The summed E-state index contributed by atoms with van der Waals surface area (Å²) in [6.45, 7) is 7.15. The van der Waals surface area contributed by atoms with Crippen LogP contribution in [0.2, 0.25) is 0 Å². The van der Waals surface area contributed by atoms with Crippen molar-refractivity contribution in [2.75, 3.05) is 65.8 Å². The molecule has 11 rings (SSSR count). The van der Waals surface area contributed by atoms with E-state index in [1.54, 1.807) is 0 Å². The molecule has 109 heavy (non-hydrogen) atoms. The van der Waals surface area contributed by atoms with Crippen molar-refractivity contribution in [3.63, 3.8) is 0 Å². The lowest BCUT2D eigenvalue weighted by molar-refractivity contribution is -0.153. The quantitative estimate of drug-likeness (QED) is 0.0236. The van der Waals surface area contributed by atoms with Crippen LogP contribution < -0.4 is 0 Å². The third kappa shape index (κ3) is 25.9. The highest BCUT2D eigenvalue weighted by Crippen LogP contribution is 2.63. The summed E-state index contributed by atoms with van der Waals surface area (Å²) in [5.41, 5.74) is 0. The predicted molar refractivity (Wildman–Crippen MR) is 398 cm³/mol. The molecule has 12 unspecified atom stereocenters. The summed E-state index contributed by atoms with van der Waals surface area (Å²) in [4.78, 5) is 182. The molecule has 0 N–H and O–H groups in total. The second kappa shape index (κ2) is 43.4. The highest BCUT2D eigenvalue weighted by atomic mass is 16.5. The molecule has 10 amide bonds. The van der Waals surface area contributed by atoms with Crippen LogP contribution >= 0.6 is 0 Å². The van der Waals surface area contributed by atoms with E-state index in [0.717, 1.165) is 130 Å². The standard InChI is InChI=1S/C32H42N2O8.C28H49NO4.C24H26N2O8/c35-27-9-10-28(36)33(27)13-5-1-3-7-31(39)41-19-21-15-24-22-17-23(25(18-22)26(24)16-21)20-42-32(40)8-4-2-6-14-34-29(37)11-12-30(34)38;1-25(2)19-15-12-10-8-6-4-3-5-7-9-11-13-18-24-33-28(32)20-16-14-17-23-29-26(30)21-22-27(29)31;27-19-1-2-20(28)25(19)9-23(31)33-11-13-5-16-14-7-15(17(8-14)18(16)6-13)12-34-24(32)10-26-21(29)3-4-22(26)30/h9-12,21-26H,1-8,13-20H2;21-22,25H,3-20,23-24H2,1-2H3;1-4,13-18H,5-12H2. The van der Waals surface area contributed by atoms with Crippen molar-refractivity contribution in [1.82, 2.24) is 24.5 Å². The number of nitrogens with zero attached hydrogens (tertiary/aromatic N) is 5. The van der Waals surface area contributed by atoms with Gasteiger partial charge in [0.05, 0.1) is 33.0 Å². The van der Waals surface area contributed by atoms with E-state index >= 15 is 0 Å². The second-order valence-corrected chi connectivity index (χ2v) is 32.5. The molecule has 0 spiro atoms. The number of carbonyl (C=O) groups excluding carboxylic acids is 15. The van der Waals surface area contributed by atoms with Crippen LogP contribution in [0.4, 0.5) is 0 Å². The van der Waals surface area contributed by atoms with Gasteiger partial charge < -0.3 is 23.7 Å². The topological polar surface area (TPSA) is 318 Å². The van der Waals surface area contributed by atoms with Crippen molar-refractivity contribution in [2.24, 2.45) is 76.9 Å². The van der Waals surface area contributed by atoms with Crippen molar-refractivity contribution < 1.29 is 95.6 Å². The van der Waals surface area contributed by atoms with E-state index in [4.69, 9.17) is 23.7 Å². The van der Waals surface area contributed by atoms with E-state index in [-0.39, 0.29) is 84.9 Å². The van der Waals surface area contributed by atoms with E-state index in [0.29, 0.717) is 150 Å². The molecule has 6 saturated carbocycles. The van der Waals surface area contributed by atoms with Gasteiger partial charge >= 0.3 is 29.8 Å². The van der Waals surface area contributed by atoms with Crippen LogP contribution in [0.1, 0.15) is 232 Å². The Labute approximate surface area is 641 Å². The molecule has 0 radical (unpaired) electrons. The number of imide groups is 5. The van der Waals surface area contributed by atoms with Gasteiger partial charge in [-0.25, -0.2) is 0 Å². The molecule has 6 aliphatic carbocycles. The Morgan fingerprint density at radius 2 is 0.569 bits per heavy atom. The van der Waals surface area contributed by atoms with E-state index < -0.39 is 35.6 Å². The normalized spacial score (nSPS) is 25.8. The lowest BCUT2D eigenvalue weighted by Crippen LogP contribution is -2.37. The Hall–Kier alpha value is -8.25. The molecule has 5 aliphatic heterocycles. The molecule has 25 nitrogen and oxygen atoms in total. The maximum atomic E-state index is 12.3. The van der Waals surface area contributed by atoms with Crippen molar-refractivity contribution in [2.45, 2.75) is 232 Å². The molecule has 0 aromatic carbocycles. The third-order valence-corrected chi connectivity index (χ3v) is 24.3. The van der Waals surface area contributed by atoms with Gasteiger partial charge in [-0.3, -0.25) is 96.4 Å². The fourth-order valence-electron chi connectivity index (χ4n) is 18.8. The van der Waals surface area contributed by atoms with Crippen molar-refractivity contribution >= 4 is 88.9 Å². The second-order valence-electron chi connectivity index (χ2n) is 32.5. The van der Waals surface area contributed by atoms with Gasteiger partial charge in [-0.15, -0.1) is 0 Å². The van der Waals surface area contributed by atoms with Gasteiger partial charge in [-0.2, -0.15) is 0 Å². The van der Waals surface area contributed by atoms with E-state index in [2.05, 4.69) is 13.8 Å². The first-order chi connectivity index (χ1) is 52.6. The zero-order valence-electron chi connectivity index (χ0n) is 64.3. The Morgan fingerprint density at radius 3 is 0.917 bits per heavy atom. The molecule has 0 aromatic heterocycles. The van der Waals surface area contributed by atoms with Gasteiger partial charge in [-0.05, 0) is 173 Å². The Morgan fingerprint density at radius 1 is 0.294 bits per heavy atom. The smallest absolute Gasteiger partial charge is 0.326 e. The summed E-state index contributed by atoms with van der Waals surface area (Å²) in [6.07, 6.45) is 47.0. The maximum absolute atomic E-state index is 12.3. The Kier molecular flexibility index (Phi) is 33.7. The Balaban J connectivity index is 0.000000190. The number of hydrogen-bond acceptors (Lipinski definition) is 20. The molecule has 598 valence electrons. The van der Waals surface area contributed by atoms with E-state index in [9.17, 15) is 71.9 Å². The predicted octanol–water partition coefficient (Wildman–Crippen LogP) is 10.7. The minimum Gasteiger partial charge on any atom is -0.466 e. The molecule has 12 atom stereocenters. The van der Waals surface area contributed by atoms with Crippen LogP contribution in [-0.2, 0) is 95.6 Å². The first-order valence-electron chi connectivity index (χ1n) is 41.1. The number of amides is 10. The van der Waals surface area contributed by atoms with Gasteiger partial charge in [0.1, 0.15) is 13.1 Å². The zero-order chi connectivity index (χ0) is 77.8. The highest BCUT2D eigenvalue weighted by molar-refractivity contribution is 6.16. The first-order valence-corrected chi connectivity index (χ1v) is 41.1. The number of esters is 5. The monoisotopic (exact) mass is 1520 g/mol. The lowest BCUT2D eigenvalue weighted by atomic mass is 9.76. The van der Waals surface area contributed by atoms with E-state index in [1.165, 1.54) is 135 Å². The van der Waals surface area contributed by atoms with Crippen molar-refractivity contribution in [3.8, 4) is 0 Å². The zero-order valence-corrected chi connectivity index (χ0v) is 64.3. The fraction of sp³-hybridized carbons (Fsp3) is 0.702. The molecule has 4 bridgehead atoms. The average Bonchev–Trinajstić information content (AvgIpc) is 1.59. The Bertz CT molecular complexity index is 3320. The summed E-state index contributed by atoms with van der Waals surface area (Å²) in [7, 11) is 0. The van der Waals surface area contributed by atoms with Gasteiger partial charge in [0, 0.05) is 99.7 Å². The summed E-state index contributed by atoms with van der Waals surface area (Å²) in [5.74, 6) is 1.68. The molecule has 11 aliphatic rings. The number of ether oxygens (including phenoxy) is 5. The fourth-order valence-corrected chi connectivity index (χ4v) is 18.8. The minimum absolute atomic E-state index is 0.134. The van der Waals surface area contributed by atoms with Crippen LogP contribution in [0.3, 0.4) is 0 Å². The number of unbranched alkanes of at least 4 members (excludes halogenated alkanes) is 18. The van der Waals surface area contributed by atoms with Crippen LogP contribution in [0, 0.1) is 76.9 Å². The van der Waals surface area contributed by atoms with Crippen LogP contribution in [-0.4, -0.2) is 179 Å². The molecule has 0 aromatic rings. The first kappa shape index (κ1) is 84.8. The summed E-state index contributed by atoms with van der Waals surface area (Å²) >= 11 is 0. The molecule has 6 fully saturated rings. The van der Waals surface area contributed by atoms with Gasteiger partial charge in [-0.1, -0.05) is 117 Å². The summed E-state index contributed by atoms with van der Waals surface area (Å²) in [6, 6.07) is 0. The number of hydrogen-bond donors (Lipinski definition) is 0. The number of fused-ring (bicyclic) bond motifs is 10. The lowest BCUT2D eigenvalue weighted by Gasteiger charge is -2.31. The molecular formula is C84H117N5O20. The highest BCUT2D eigenvalue weighted by Gasteiger charge is 2.57. The van der Waals surface area contributed by atoms with Crippen molar-refractivity contribution in [1.29, 1.82) is 0 Å².